The third-order valence-electron chi connectivity index (χ3n) is 6.25. The maximum atomic E-state index is 5.84. The van der Waals surface area contributed by atoms with Gasteiger partial charge in [-0.15, -0.1) is 0 Å². The van der Waals surface area contributed by atoms with Crippen molar-refractivity contribution in [2.75, 3.05) is 7.11 Å². The van der Waals surface area contributed by atoms with Crippen molar-refractivity contribution in [3.63, 3.8) is 0 Å². The molecule has 1 nitrogen and oxygen atoms in total. The molecule has 0 amide bonds. The lowest BCUT2D eigenvalue weighted by Gasteiger charge is -2.41. The summed E-state index contributed by atoms with van der Waals surface area (Å²) in [7, 11) is 1.94. The minimum Gasteiger partial charge on any atom is -0.381 e. The van der Waals surface area contributed by atoms with Crippen LogP contribution in [0.25, 0.3) is 0 Å². The second-order valence-electron chi connectivity index (χ2n) is 6.44. The van der Waals surface area contributed by atoms with E-state index in [-0.39, 0.29) is 0 Å². The molecule has 3 saturated carbocycles. The molecule has 8 atom stereocenters. The molecule has 4 aliphatic rings. The summed E-state index contributed by atoms with van der Waals surface area (Å²) < 4.78 is 5.84. The molecule has 0 spiro atoms. The topological polar surface area (TPSA) is 9.23 Å². The molecule has 0 aliphatic heterocycles. The molecule has 16 heavy (non-hydrogen) atoms. The van der Waals surface area contributed by atoms with E-state index in [1.165, 1.54) is 19.3 Å². The summed E-state index contributed by atoms with van der Waals surface area (Å²) in [5.41, 5.74) is 0. The fourth-order valence-electron chi connectivity index (χ4n) is 5.99. The molecule has 0 heterocycles. The molecule has 4 bridgehead atoms. The van der Waals surface area contributed by atoms with Gasteiger partial charge < -0.3 is 4.74 Å². The Hall–Kier alpha value is -0.300. The number of rotatable bonds is 2. The van der Waals surface area contributed by atoms with Crippen molar-refractivity contribution >= 4 is 0 Å². The van der Waals surface area contributed by atoms with Crippen molar-refractivity contribution in [2.24, 2.45) is 41.4 Å². The van der Waals surface area contributed by atoms with Crippen molar-refractivity contribution in [3.05, 3.63) is 12.2 Å². The average molecular weight is 218 g/mol. The first-order chi connectivity index (χ1) is 7.85. The van der Waals surface area contributed by atoms with Gasteiger partial charge in [0.05, 0.1) is 6.10 Å². The lowest BCUT2D eigenvalue weighted by Crippen LogP contribution is -2.40. The highest BCUT2D eigenvalue weighted by Gasteiger charge is 2.64. The van der Waals surface area contributed by atoms with Crippen molar-refractivity contribution in [1.82, 2.24) is 0 Å². The van der Waals surface area contributed by atoms with Gasteiger partial charge in [-0.05, 0) is 54.3 Å². The van der Waals surface area contributed by atoms with E-state index in [0.717, 1.165) is 41.4 Å². The average Bonchev–Trinajstić information content (AvgIpc) is 3.03. The molecule has 4 aliphatic carbocycles. The molecule has 88 valence electrons. The monoisotopic (exact) mass is 218 g/mol. The van der Waals surface area contributed by atoms with Gasteiger partial charge in [0.25, 0.3) is 0 Å². The van der Waals surface area contributed by atoms with E-state index in [1.807, 2.05) is 7.11 Å². The van der Waals surface area contributed by atoms with Crippen LogP contribution in [0.4, 0.5) is 0 Å². The molecule has 0 N–H and O–H groups in total. The first-order valence-corrected chi connectivity index (χ1v) is 7.06. The molecule has 8 unspecified atom stereocenters. The lowest BCUT2D eigenvalue weighted by molar-refractivity contribution is -0.0323. The third kappa shape index (κ3) is 0.932. The molecule has 1 heteroatoms. The van der Waals surface area contributed by atoms with Crippen molar-refractivity contribution in [2.45, 2.75) is 32.3 Å². The maximum absolute atomic E-state index is 5.84. The van der Waals surface area contributed by atoms with Crippen LogP contribution in [0.2, 0.25) is 0 Å². The third-order valence-corrected chi connectivity index (χ3v) is 6.25. The van der Waals surface area contributed by atoms with Gasteiger partial charge in [-0.2, -0.15) is 0 Å². The van der Waals surface area contributed by atoms with Crippen LogP contribution in [0.15, 0.2) is 12.2 Å². The fraction of sp³-hybridized carbons (Fsp3) is 0.867. The van der Waals surface area contributed by atoms with Crippen LogP contribution in [0.1, 0.15) is 26.2 Å². The lowest BCUT2D eigenvalue weighted by atomic mass is 9.67. The highest BCUT2D eigenvalue weighted by atomic mass is 16.5. The molecule has 4 rings (SSSR count). The zero-order valence-corrected chi connectivity index (χ0v) is 10.3. The Morgan fingerprint density at radius 1 is 1.06 bits per heavy atom. The highest BCUT2D eigenvalue weighted by molar-refractivity contribution is 5.22. The van der Waals surface area contributed by atoms with E-state index < -0.39 is 0 Å². The number of hydrogen-bond donors (Lipinski definition) is 0. The SMILES string of the molecule is CCC1C2CC(C1OC)C1C3C=CC(C3)C21. The van der Waals surface area contributed by atoms with Crippen molar-refractivity contribution in [3.8, 4) is 0 Å². The molecule has 0 aromatic carbocycles. The molecule has 0 aromatic heterocycles. The van der Waals surface area contributed by atoms with Gasteiger partial charge in [0, 0.05) is 7.11 Å². The summed E-state index contributed by atoms with van der Waals surface area (Å²) in [4.78, 5) is 0. The van der Waals surface area contributed by atoms with Crippen molar-refractivity contribution in [1.29, 1.82) is 0 Å². The van der Waals surface area contributed by atoms with Crippen LogP contribution in [0, 0.1) is 41.4 Å². The summed E-state index contributed by atoms with van der Waals surface area (Å²) in [6, 6.07) is 0. The van der Waals surface area contributed by atoms with E-state index in [0.29, 0.717) is 6.10 Å². The number of allylic oxidation sites excluding steroid dienone is 2. The van der Waals surface area contributed by atoms with Gasteiger partial charge in [-0.3, -0.25) is 0 Å². The van der Waals surface area contributed by atoms with Crippen LogP contribution < -0.4 is 0 Å². The minimum absolute atomic E-state index is 0.587. The standard InChI is InChI=1S/C15H22O/c1-3-10-11-7-12(15(10)16-2)14-9-5-4-8(6-9)13(11)14/h4-5,8-15H,3,6-7H2,1-2H3. The Bertz CT molecular complexity index is 304. The second-order valence-corrected chi connectivity index (χ2v) is 6.44. The van der Waals surface area contributed by atoms with Gasteiger partial charge >= 0.3 is 0 Å². The minimum atomic E-state index is 0.587. The number of methoxy groups -OCH3 is 1. The Balaban J connectivity index is 1.71. The van der Waals surface area contributed by atoms with Gasteiger partial charge in [-0.1, -0.05) is 25.5 Å². The van der Waals surface area contributed by atoms with Crippen LogP contribution >= 0.6 is 0 Å². The fourth-order valence-corrected chi connectivity index (χ4v) is 5.99. The molecule has 0 saturated heterocycles. The molecule has 0 aromatic rings. The first kappa shape index (κ1) is 9.70. The quantitative estimate of drug-likeness (QED) is 0.511. The van der Waals surface area contributed by atoms with Gasteiger partial charge in [0.15, 0.2) is 0 Å². The predicted octanol–water partition coefficient (Wildman–Crippen LogP) is 3.12. The number of hydrogen-bond acceptors (Lipinski definition) is 1. The Labute approximate surface area is 98.2 Å². The summed E-state index contributed by atoms with van der Waals surface area (Å²) in [5, 5.41) is 0. The van der Waals surface area contributed by atoms with Crippen LogP contribution in [0.5, 0.6) is 0 Å². The summed E-state index contributed by atoms with van der Waals surface area (Å²) in [5.74, 6) is 6.64. The van der Waals surface area contributed by atoms with E-state index in [4.69, 9.17) is 4.74 Å². The first-order valence-electron chi connectivity index (χ1n) is 7.06. The Kier molecular flexibility index (Phi) is 1.90. The van der Waals surface area contributed by atoms with E-state index in [2.05, 4.69) is 19.1 Å². The molecular formula is C15H22O. The van der Waals surface area contributed by atoms with Crippen LogP contribution in [-0.2, 0) is 4.74 Å². The van der Waals surface area contributed by atoms with Crippen LogP contribution in [0.3, 0.4) is 0 Å². The van der Waals surface area contributed by atoms with Gasteiger partial charge in [-0.25, -0.2) is 0 Å². The van der Waals surface area contributed by atoms with E-state index >= 15 is 0 Å². The normalized spacial score (nSPS) is 60.9. The van der Waals surface area contributed by atoms with Gasteiger partial charge in [0.1, 0.15) is 0 Å². The molecular weight excluding hydrogens is 196 g/mol. The zero-order valence-electron chi connectivity index (χ0n) is 10.3. The van der Waals surface area contributed by atoms with Crippen LogP contribution in [-0.4, -0.2) is 13.2 Å². The van der Waals surface area contributed by atoms with Gasteiger partial charge in [0.2, 0.25) is 0 Å². The van der Waals surface area contributed by atoms with E-state index in [1.54, 1.807) is 0 Å². The highest BCUT2D eigenvalue weighted by Crippen LogP contribution is 2.67. The zero-order chi connectivity index (χ0) is 10.9. The summed E-state index contributed by atoms with van der Waals surface area (Å²) in [6.07, 6.45) is 9.89. The van der Waals surface area contributed by atoms with E-state index in [9.17, 15) is 0 Å². The second kappa shape index (κ2) is 3.13. The summed E-state index contributed by atoms with van der Waals surface area (Å²) in [6.45, 7) is 2.36. The number of ether oxygens (including phenoxy) is 1. The van der Waals surface area contributed by atoms with Crippen molar-refractivity contribution < 1.29 is 4.74 Å². The molecule has 3 fully saturated rings. The number of fused-ring (bicyclic) bond motifs is 9. The largest absolute Gasteiger partial charge is 0.381 e. The molecule has 0 radical (unpaired) electrons. The maximum Gasteiger partial charge on any atom is 0.0633 e. The Morgan fingerprint density at radius 2 is 1.75 bits per heavy atom. The predicted molar refractivity (Wildman–Crippen MR) is 63.9 cm³/mol. The summed E-state index contributed by atoms with van der Waals surface area (Å²) >= 11 is 0. The smallest absolute Gasteiger partial charge is 0.0633 e. The Morgan fingerprint density at radius 3 is 2.38 bits per heavy atom.